The van der Waals surface area contributed by atoms with E-state index in [1.165, 1.54) is 0 Å². The number of rotatable bonds is 8. The van der Waals surface area contributed by atoms with Gasteiger partial charge in [0.1, 0.15) is 0 Å². The standard InChI is InChI=1S/C23H29F2N3O3/c24-23(25)11-13-27(15-23)14-16-9-10-19-21(22(16)30)17-6-3-4-7-18(17)28(19)12-5-1-2-8-20(29)26-31/h3-4,6-7,16,31H,1-2,5,8-15H2,(H,26,29). The molecule has 1 atom stereocenters. The zero-order valence-electron chi connectivity index (χ0n) is 17.6. The van der Waals surface area contributed by atoms with Crippen LogP contribution >= 0.6 is 0 Å². The SMILES string of the molecule is O=C(CCCCCn1c2c(c3ccccc31)C(=O)C(CN1CCC(F)(F)C1)CC2)NO. The molecule has 0 saturated carbocycles. The summed E-state index contributed by atoms with van der Waals surface area (Å²) in [6.07, 6.45) is 4.00. The van der Waals surface area contributed by atoms with Crippen molar-refractivity contribution in [3.05, 3.63) is 35.5 Å². The van der Waals surface area contributed by atoms with Crippen molar-refractivity contribution in [3.8, 4) is 0 Å². The third kappa shape index (κ3) is 4.65. The fourth-order valence-electron chi connectivity index (χ4n) is 5.03. The van der Waals surface area contributed by atoms with Gasteiger partial charge in [0.15, 0.2) is 5.78 Å². The number of hydroxylamine groups is 1. The summed E-state index contributed by atoms with van der Waals surface area (Å²) < 4.78 is 29.4. The first kappa shape index (κ1) is 21.9. The number of hydrogen-bond acceptors (Lipinski definition) is 4. The van der Waals surface area contributed by atoms with Crippen LogP contribution in [0.1, 0.15) is 54.6 Å². The maximum absolute atomic E-state index is 13.6. The quantitative estimate of drug-likeness (QED) is 0.377. The summed E-state index contributed by atoms with van der Waals surface area (Å²) in [5, 5.41) is 9.52. The van der Waals surface area contributed by atoms with E-state index in [1.807, 2.05) is 24.3 Å². The summed E-state index contributed by atoms with van der Waals surface area (Å²) in [6, 6.07) is 7.89. The average Bonchev–Trinajstić information content (AvgIpc) is 3.26. The highest BCUT2D eigenvalue weighted by Crippen LogP contribution is 2.36. The van der Waals surface area contributed by atoms with Crippen molar-refractivity contribution in [2.45, 2.75) is 57.4 Å². The van der Waals surface area contributed by atoms with Crippen LogP contribution in [0.4, 0.5) is 8.78 Å². The molecule has 6 nitrogen and oxygen atoms in total. The number of Topliss-reactive ketones (excluding diaryl/α,β-unsaturated/α-hetero) is 1. The molecule has 2 aliphatic rings. The number of likely N-dealkylation sites (tertiary alicyclic amines) is 1. The monoisotopic (exact) mass is 433 g/mol. The molecule has 1 saturated heterocycles. The molecule has 1 amide bonds. The van der Waals surface area contributed by atoms with E-state index in [0.29, 0.717) is 25.9 Å². The molecule has 8 heteroatoms. The molecule has 2 N–H and O–H groups in total. The lowest BCUT2D eigenvalue weighted by Crippen LogP contribution is -2.36. The molecular formula is C23H29F2N3O3. The molecule has 0 bridgehead atoms. The summed E-state index contributed by atoms with van der Waals surface area (Å²) in [4.78, 5) is 26.3. The van der Waals surface area contributed by atoms with Crippen LogP contribution in [0.5, 0.6) is 0 Å². The summed E-state index contributed by atoms with van der Waals surface area (Å²) in [5.74, 6) is -3.18. The van der Waals surface area contributed by atoms with Crippen LogP contribution in [-0.4, -0.2) is 51.9 Å². The number of para-hydroxylation sites is 1. The first-order valence-electron chi connectivity index (χ1n) is 11.1. The van der Waals surface area contributed by atoms with Gasteiger partial charge in [-0.1, -0.05) is 24.6 Å². The van der Waals surface area contributed by atoms with Crippen molar-refractivity contribution in [3.63, 3.8) is 0 Å². The van der Waals surface area contributed by atoms with Crippen molar-refractivity contribution in [2.24, 2.45) is 5.92 Å². The predicted octanol–water partition coefficient (Wildman–Crippen LogP) is 3.79. The Balaban J connectivity index is 1.49. The van der Waals surface area contributed by atoms with Crippen molar-refractivity contribution >= 4 is 22.6 Å². The van der Waals surface area contributed by atoms with E-state index in [2.05, 4.69) is 4.57 Å². The Hall–Kier alpha value is -2.32. The zero-order valence-corrected chi connectivity index (χ0v) is 17.6. The Kier molecular flexibility index (Phi) is 6.39. The molecule has 4 rings (SSSR count). The largest absolute Gasteiger partial charge is 0.344 e. The molecule has 1 aromatic heterocycles. The number of halogens is 2. The molecule has 168 valence electrons. The maximum atomic E-state index is 13.6. The van der Waals surface area contributed by atoms with Crippen LogP contribution in [0.25, 0.3) is 10.9 Å². The van der Waals surface area contributed by atoms with E-state index in [-0.39, 0.29) is 37.0 Å². The molecule has 1 fully saturated rings. The lowest BCUT2D eigenvalue weighted by Gasteiger charge is -2.27. The van der Waals surface area contributed by atoms with E-state index in [4.69, 9.17) is 5.21 Å². The number of carbonyl (C=O) groups is 2. The van der Waals surface area contributed by atoms with Gasteiger partial charge in [0.2, 0.25) is 5.91 Å². The molecule has 31 heavy (non-hydrogen) atoms. The minimum absolute atomic E-state index is 0.0750. The van der Waals surface area contributed by atoms with Crippen LogP contribution in [0.3, 0.4) is 0 Å². The van der Waals surface area contributed by atoms with Crippen molar-refractivity contribution < 1.29 is 23.6 Å². The van der Waals surface area contributed by atoms with Gasteiger partial charge in [0.05, 0.1) is 6.54 Å². The second-order valence-corrected chi connectivity index (χ2v) is 8.78. The van der Waals surface area contributed by atoms with Crippen molar-refractivity contribution in [1.29, 1.82) is 0 Å². The summed E-state index contributed by atoms with van der Waals surface area (Å²) >= 11 is 0. The zero-order chi connectivity index (χ0) is 22.0. The van der Waals surface area contributed by atoms with Gasteiger partial charge < -0.3 is 4.57 Å². The molecule has 0 radical (unpaired) electrons. The predicted molar refractivity (Wildman–Crippen MR) is 112 cm³/mol. The first-order chi connectivity index (χ1) is 14.9. The average molecular weight is 433 g/mol. The molecule has 0 spiro atoms. The second-order valence-electron chi connectivity index (χ2n) is 8.78. The molecule has 1 aliphatic heterocycles. The Morgan fingerprint density at radius 2 is 2.03 bits per heavy atom. The number of aryl methyl sites for hydroxylation is 1. The van der Waals surface area contributed by atoms with Crippen LogP contribution in [0, 0.1) is 5.92 Å². The number of alkyl halides is 2. The topological polar surface area (TPSA) is 74.6 Å². The third-order valence-electron chi connectivity index (χ3n) is 6.56. The number of carbonyl (C=O) groups excluding carboxylic acids is 2. The number of fused-ring (bicyclic) bond motifs is 3. The molecular weight excluding hydrogens is 404 g/mol. The number of amides is 1. The van der Waals surface area contributed by atoms with Crippen LogP contribution in [0.2, 0.25) is 0 Å². The second kappa shape index (κ2) is 9.04. The number of aromatic nitrogens is 1. The number of ketones is 1. The highest BCUT2D eigenvalue weighted by Gasteiger charge is 2.41. The summed E-state index contributed by atoms with van der Waals surface area (Å²) in [7, 11) is 0. The van der Waals surface area contributed by atoms with Gasteiger partial charge in [0, 0.05) is 60.6 Å². The first-order valence-corrected chi connectivity index (χ1v) is 11.1. The Morgan fingerprint density at radius 1 is 1.23 bits per heavy atom. The highest BCUT2D eigenvalue weighted by atomic mass is 19.3. The van der Waals surface area contributed by atoms with Gasteiger partial charge >= 0.3 is 0 Å². The van der Waals surface area contributed by atoms with Gasteiger partial charge in [-0.05, 0) is 31.7 Å². The van der Waals surface area contributed by atoms with Crippen LogP contribution < -0.4 is 5.48 Å². The van der Waals surface area contributed by atoms with E-state index >= 15 is 0 Å². The summed E-state index contributed by atoms with van der Waals surface area (Å²) in [6.45, 7) is 1.26. The number of benzene rings is 1. The number of nitrogens with one attached hydrogen (secondary N) is 1. The Labute approximate surface area is 180 Å². The van der Waals surface area contributed by atoms with Crippen molar-refractivity contribution in [1.82, 2.24) is 14.9 Å². The molecule has 1 aromatic carbocycles. The van der Waals surface area contributed by atoms with Gasteiger partial charge in [-0.3, -0.25) is 19.7 Å². The fraction of sp³-hybridized carbons (Fsp3) is 0.565. The maximum Gasteiger partial charge on any atom is 0.261 e. The molecule has 2 aromatic rings. The normalized spacial score (nSPS) is 20.9. The van der Waals surface area contributed by atoms with Gasteiger partial charge in [-0.2, -0.15) is 0 Å². The van der Waals surface area contributed by atoms with Gasteiger partial charge in [-0.25, -0.2) is 14.3 Å². The van der Waals surface area contributed by atoms with Crippen LogP contribution in [-0.2, 0) is 17.8 Å². The van der Waals surface area contributed by atoms with E-state index < -0.39 is 5.92 Å². The Morgan fingerprint density at radius 3 is 2.77 bits per heavy atom. The number of unbranched alkanes of at least 4 members (excludes halogenated alkanes) is 2. The number of nitrogens with zero attached hydrogens (tertiary/aromatic N) is 2. The summed E-state index contributed by atoms with van der Waals surface area (Å²) in [5.41, 5.74) is 4.48. The lowest BCUT2D eigenvalue weighted by molar-refractivity contribution is -0.129. The lowest BCUT2D eigenvalue weighted by atomic mass is 9.84. The van der Waals surface area contributed by atoms with E-state index in [0.717, 1.165) is 48.0 Å². The third-order valence-corrected chi connectivity index (χ3v) is 6.56. The van der Waals surface area contributed by atoms with Gasteiger partial charge in [-0.15, -0.1) is 0 Å². The molecule has 2 heterocycles. The molecule has 1 aliphatic carbocycles. The van der Waals surface area contributed by atoms with Crippen molar-refractivity contribution in [2.75, 3.05) is 19.6 Å². The highest BCUT2D eigenvalue weighted by molar-refractivity contribution is 6.11. The fourth-order valence-corrected chi connectivity index (χ4v) is 5.03. The van der Waals surface area contributed by atoms with Gasteiger partial charge in [0.25, 0.3) is 5.92 Å². The Bertz CT molecular complexity index is 972. The van der Waals surface area contributed by atoms with E-state index in [9.17, 15) is 18.4 Å². The smallest absolute Gasteiger partial charge is 0.261 e. The van der Waals surface area contributed by atoms with Crippen LogP contribution in [0.15, 0.2) is 24.3 Å². The molecule has 1 unspecified atom stereocenters. The minimum atomic E-state index is -2.64. The van der Waals surface area contributed by atoms with E-state index in [1.54, 1.807) is 10.4 Å². The number of hydrogen-bond donors (Lipinski definition) is 2. The minimum Gasteiger partial charge on any atom is -0.344 e.